The Balaban J connectivity index is 1.81. The van der Waals surface area contributed by atoms with E-state index in [2.05, 4.69) is 22.0 Å². The van der Waals surface area contributed by atoms with Crippen LogP contribution in [0, 0.1) is 17.8 Å². The molecular formula is C18H18N4O. The van der Waals surface area contributed by atoms with Gasteiger partial charge in [-0.3, -0.25) is 4.68 Å². The maximum atomic E-state index is 5.59. The average Bonchev–Trinajstić information content (AvgIpc) is 3.11. The quantitative estimate of drug-likeness (QED) is 0.684. The Labute approximate surface area is 134 Å². The Kier molecular flexibility index (Phi) is 3.30. The van der Waals surface area contributed by atoms with Gasteiger partial charge in [0.25, 0.3) is 0 Å². The molecule has 4 rings (SSSR count). The van der Waals surface area contributed by atoms with Gasteiger partial charge in [0.1, 0.15) is 11.3 Å². The molecule has 116 valence electrons. The van der Waals surface area contributed by atoms with Crippen molar-refractivity contribution < 1.29 is 4.74 Å². The summed E-state index contributed by atoms with van der Waals surface area (Å²) in [4.78, 5) is 0. The fourth-order valence-corrected chi connectivity index (χ4v) is 2.79. The van der Waals surface area contributed by atoms with Gasteiger partial charge in [-0.2, -0.15) is 10.2 Å². The predicted molar refractivity (Wildman–Crippen MR) is 88.2 cm³/mol. The number of aryl methyl sites for hydroxylation is 1. The van der Waals surface area contributed by atoms with Crippen LogP contribution in [0.5, 0.6) is 5.75 Å². The zero-order valence-corrected chi connectivity index (χ0v) is 13.3. The molecule has 3 aromatic heterocycles. The van der Waals surface area contributed by atoms with Crippen LogP contribution in [0.4, 0.5) is 0 Å². The first-order valence-electron chi connectivity index (χ1n) is 7.80. The number of nitrogens with zero attached hydrogens (tertiary/aromatic N) is 4. The van der Waals surface area contributed by atoms with E-state index in [4.69, 9.17) is 4.74 Å². The van der Waals surface area contributed by atoms with Gasteiger partial charge in [0, 0.05) is 36.5 Å². The lowest BCUT2D eigenvalue weighted by atomic mass is 9.86. The van der Waals surface area contributed by atoms with Gasteiger partial charge in [-0.05, 0) is 18.9 Å². The summed E-state index contributed by atoms with van der Waals surface area (Å²) in [5.74, 6) is 7.95. The SMILES string of the molecule is COc1cc(-c2cnn(C)c2)cn2ncc(C#CC3CCC3)c12. The summed E-state index contributed by atoms with van der Waals surface area (Å²) in [5.41, 5.74) is 3.90. The smallest absolute Gasteiger partial charge is 0.146 e. The average molecular weight is 306 g/mol. The third kappa shape index (κ3) is 2.46. The summed E-state index contributed by atoms with van der Waals surface area (Å²) in [6.45, 7) is 0. The van der Waals surface area contributed by atoms with Gasteiger partial charge in [0.2, 0.25) is 0 Å². The van der Waals surface area contributed by atoms with E-state index in [1.54, 1.807) is 11.8 Å². The highest BCUT2D eigenvalue weighted by molar-refractivity contribution is 5.75. The van der Waals surface area contributed by atoms with Crippen molar-refractivity contribution in [1.82, 2.24) is 19.4 Å². The zero-order valence-electron chi connectivity index (χ0n) is 13.3. The molecule has 0 radical (unpaired) electrons. The van der Waals surface area contributed by atoms with E-state index in [9.17, 15) is 0 Å². The molecule has 23 heavy (non-hydrogen) atoms. The van der Waals surface area contributed by atoms with Crippen LogP contribution in [0.1, 0.15) is 24.8 Å². The van der Waals surface area contributed by atoms with Gasteiger partial charge in [-0.15, -0.1) is 0 Å². The summed E-state index contributed by atoms with van der Waals surface area (Å²) in [7, 11) is 3.58. The van der Waals surface area contributed by atoms with Crippen molar-refractivity contribution in [2.24, 2.45) is 13.0 Å². The molecule has 1 fully saturated rings. The minimum absolute atomic E-state index is 0.547. The third-order valence-corrected chi connectivity index (χ3v) is 4.35. The molecular weight excluding hydrogens is 288 g/mol. The van der Waals surface area contributed by atoms with Crippen molar-refractivity contribution in [2.45, 2.75) is 19.3 Å². The lowest BCUT2D eigenvalue weighted by Gasteiger charge is -2.18. The van der Waals surface area contributed by atoms with Crippen molar-refractivity contribution >= 4 is 5.52 Å². The number of aromatic nitrogens is 4. The zero-order chi connectivity index (χ0) is 15.8. The first-order valence-corrected chi connectivity index (χ1v) is 7.80. The lowest BCUT2D eigenvalue weighted by Crippen LogP contribution is -2.07. The predicted octanol–water partition coefficient (Wildman–Crippen LogP) is 2.90. The number of pyridine rings is 1. The Morgan fingerprint density at radius 3 is 2.70 bits per heavy atom. The van der Waals surface area contributed by atoms with Crippen LogP contribution in [0.3, 0.4) is 0 Å². The number of methoxy groups -OCH3 is 1. The molecule has 0 bridgehead atoms. The van der Waals surface area contributed by atoms with Crippen molar-refractivity contribution in [3.05, 3.63) is 36.4 Å². The van der Waals surface area contributed by atoms with Crippen LogP contribution < -0.4 is 4.74 Å². The van der Waals surface area contributed by atoms with E-state index in [1.165, 1.54) is 19.3 Å². The molecule has 0 aliphatic heterocycles. The van der Waals surface area contributed by atoms with E-state index in [0.717, 1.165) is 28.0 Å². The van der Waals surface area contributed by atoms with Crippen LogP contribution in [0.2, 0.25) is 0 Å². The highest BCUT2D eigenvalue weighted by atomic mass is 16.5. The largest absolute Gasteiger partial charge is 0.494 e. The summed E-state index contributed by atoms with van der Waals surface area (Å²) in [5, 5.41) is 8.67. The normalized spacial score (nSPS) is 14.3. The second kappa shape index (κ2) is 5.47. The topological polar surface area (TPSA) is 44.4 Å². The van der Waals surface area contributed by atoms with E-state index in [0.29, 0.717) is 5.92 Å². The standard InChI is InChI=1S/C18H18N4O/c1-21-11-16(10-19-21)15-8-17(23-2)18-14(9-20-22(18)12-15)7-6-13-4-3-5-13/h8-13H,3-5H2,1-2H3. The fraction of sp³-hybridized carbons (Fsp3) is 0.333. The highest BCUT2D eigenvalue weighted by Gasteiger charge is 2.15. The Morgan fingerprint density at radius 2 is 2.04 bits per heavy atom. The van der Waals surface area contributed by atoms with E-state index >= 15 is 0 Å². The van der Waals surface area contributed by atoms with Gasteiger partial charge in [0.15, 0.2) is 0 Å². The first-order chi connectivity index (χ1) is 11.2. The summed E-state index contributed by atoms with van der Waals surface area (Å²) in [6.07, 6.45) is 11.3. The van der Waals surface area contributed by atoms with Gasteiger partial charge < -0.3 is 4.74 Å². The maximum Gasteiger partial charge on any atom is 0.146 e. The molecule has 0 saturated heterocycles. The van der Waals surface area contributed by atoms with Crippen molar-refractivity contribution in [1.29, 1.82) is 0 Å². The Bertz CT molecular complexity index is 922. The molecule has 0 spiro atoms. The van der Waals surface area contributed by atoms with Gasteiger partial charge >= 0.3 is 0 Å². The van der Waals surface area contributed by atoms with Crippen LogP contribution in [0.15, 0.2) is 30.9 Å². The summed E-state index contributed by atoms with van der Waals surface area (Å²) in [6, 6.07) is 2.02. The monoisotopic (exact) mass is 306 g/mol. The Morgan fingerprint density at radius 1 is 1.17 bits per heavy atom. The molecule has 1 aliphatic rings. The molecule has 3 heterocycles. The molecule has 5 heteroatoms. The molecule has 0 N–H and O–H groups in total. The fourth-order valence-electron chi connectivity index (χ4n) is 2.79. The van der Waals surface area contributed by atoms with Gasteiger partial charge in [-0.25, -0.2) is 4.52 Å². The second-order valence-corrected chi connectivity index (χ2v) is 5.95. The van der Waals surface area contributed by atoms with E-state index < -0.39 is 0 Å². The number of hydrogen-bond donors (Lipinski definition) is 0. The van der Waals surface area contributed by atoms with E-state index in [1.807, 2.05) is 42.4 Å². The third-order valence-electron chi connectivity index (χ3n) is 4.35. The lowest BCUT2D eigenvalue weighted by molar-refractivity contribution is 0.401. The molecule has 1 aliphatic carbocycles. The number of hydrogen-bond acceptors (Lipinski definition) is 3. The second-order valence-electron chi connectivity index (χ2n) is 5.95. The van der Waals surface area contributed by atoms with Crippen molar-refractivity contribution in [3.63, 3.8) is 0 Å². The first kappa shape index (κ1) is 13.9. The minimum atomic E-state index is 0.547. The summed E-state index contributed by atoms with van der Waals surface area (Å²) < 4.78 is 9.21. The van der Waals surface area contributed by atoms with Crippen LogP contribution in [-0.4, -0.2) is 26.5 Å². The minimum Gasteiger partial charge on any atom is -0.494 e. The molecule has 1 saturated carbocycles. The highest BCUT2D eigenvalue weighted by Crippen LogP contribution is 2.30. The summed E-state index contributed by atoms with van der Waals surface area (Å²) >= 11 is 0. The van der Waals surface area contributed by atoms with Crippen LogP contribution >= 0.6 is 0 Å². The van der Waals surface area contributed by atoms with Crippen LogP contribution in [0.25, 0.3) is 16.6 Å². The van der Waals surface area contributed by atoms with Gasteiger partial charge in [0.05, 0.1) is 25.1 Å². The number of ether oxygens (including phenoxy) is 1. The molecule has 5 nitrogen and oxygen atoms in total. The van der Waals surface area contributed by atoms with Crippen molar-refractivity contribution in [2.75, 3.05) is 7.11 Å². The van der Waals surface area contributed by atoms with Crippen LogP contribution in [-0.2, 0) is 7.05 Å². The molecule has 0 atom stereocenters. The van der Waals surface area contributed by atoms with Gasteiger partial charge in [-0.1, -0.05) is 18.3 Å². The van der Waals surface area contributed by atoms with Crippen molar-refractivity contribution in [3.8, 4) is 28.7 Å². The number of rotatable bonds is 2. The molecule has 0 amide bonds. The molecule has 0 unspecified atom stereocenters. The Hall–Kier alpha value is -2.74. The number of fused-ring (bicyclic) bond motifs is 1. The van der Waals surface area contributed by atoms with E-state index in [-0.39, 0.29) is 0 Å². The molecule has 3 aromatic rings. The maximum absolute atomic E-state index is 5.59. The molecule has 0 aromatic carbocycles.